The average molecular weight is 273 g/mol. The van der Waals surface area contributed by atoms with Gasteiger partial charge in [0.05, 0.1) is 18.8 Å². The second-order valence-electron chi connectivity index (χ2n) is 6.13. The van der Waals surface area contributed by atoms with Gasteiger partial charge in [-0.15, -0.1) is 0 Å². The summed E-state index contributed by atoms with van der Waals surface area (Å²) < 4.78 is 5.45. The molecule has 1 rings (SSSR count). The Balaban J connectivity index is 2.88. The molecule has 0 radical (unpaired) electrons. The fraction of sp³-hybridized carbons (Fsp3) is 0.846. The molecule has 6 heteroatoms. The molecule has 3 atom stereocenters. The van der Waals surface area contributed by atoms with Crippen LogP contribution < -0.4 is 0 Å². The standard InChI is InChI=1S/C13H23NO5/c1-8-5-14(6-9(7-15)19-8)11(16)10(12(17)18)13(2,3)4/h8-10,15H,5-7H2,1-4H3,(H,17,18). The maximum Gasteiger partial charge on any atom is 0.316 e. The minimum absolute atomic E-state index is 0.179. The van der Waals surface area contributed by atoms with Gasteiger partial charge in [-0.05, 0) is 12.3 Å². The van der Waals surface area contributed by atoms with E-state index in [1.165, 1.54) is 4.90 Å². The Morgan fingerprint density at radius 1 is 1.37 bits per heavy atom. The zero-order valence-corrected chi connectivity index (χ0v) is 11.9. The van der Waals surface area contributed by atoms with Crippen molar-refractivity contribution in [2.75, 3.05) is 19.7 Å². The lowest BCUT2D eigenvalue weighted by Gasteiger charge is -2.39. The molecule has 6 nitrogen and oxygen atoms in total. The summed E-state index contributed by atoms with van der Waals surface area (Å²) in [6.07, 6.45) is -0.647. The third-order valence-electron chi connectivity index (χ3n) is 3.20. The summed E-state index contributed by atoms with van der Waals surface area (Å²) in [5.74, 6) is -2.61. The van der Waals surface area contributed by atoms with Crippen molar-refractivity contribution in [1.29, 1.82) is 0 Å². The SMILES string of the molecule is CC1CN(C(=O)C(C(=O)O)C(C)(C)C)CC(CO)O1. The normalized spacial score (nSPS) is 26.1. The number of hydrogen-bond acceptors (Lipinski definition) is 4. The lowest BCUT2D eigenvalue weighted by atomic mass is 9.79. The first-order chi connectivity index (χ1) is 8.66. The minimum Gasteiger partial charge on any atom is -0.481 e. The second-order valence-corrected chi connectivity index (χ2v) is 6.13. The summed E-state index contributed by atoms with van der Waals surface area (Å²) >= 11 is 0. The van der Waals surface area contributed by atoms with Gasteiger partial charge < -0.3 is 19.8 Å². The molecular formula is C13H23NO5. The van der Waals surface area contributed by atoms with Crippen LogP contribution in [-0.4, -0.2) is 58.9 Å². The molecule has 1 saturated heterocycles. The quantitative estimate of drug-likeness (QED) is 0.724. The number of aliphatic hydroxyl groups excluding tert-OH is 1. The largest absolute Gasteiger partial charge is 0.481 e. The molecule has 1 fully saturated rings. The number of carboxylic acids is 1. The summed E-state index contributed by atoms with van der Waals surface area (Å²) in [7, 11) is 0. The van der Waals surface area contributed by atoms with E-state index < -0.39 is 29.3 Å². The Hall–Kier alpha value is -1.14. The molecule has 110 valence electrons. The molecule has 1 aliphatic rings. The number of rotatable bonds is 3. The molecule has 0 saturated carbocycles. The van der Waals surface area contributed by atoms with Crippen LogP contribution in [0.1, 0.15) is 27.7 Å². The first kappa shape index (κ1) is 15.9. The van der Waals surface area contributed by atoms with Gasteiger partial charge in [-0.25, -0.2) is 0 Å². The zero-order valence-electron chi connectivity index (χ0n) is 11.9. The van der Waals surface area contributed by atoms with Crippen molar-refractivity contribution in [1.82, 2.24) is 4.90 Å². The highest BCUT2D eigenvalue weighted by Gasteiger charge is 2.42. The maximum atomic E-state index is 12.4. The summed E-state index contributed by atoms with van der Waals surface area (Å²) in [4.78, 5) is 25.2. The summed E-state index contributed by atoms with van der Waals surface area (Å²) in [5.41, 5.74) is -0.654. The summed E-state index contributed by atoms with van der Waals surface area (Å²) in [6, 6.07) is 0. The topological polar surface area (TPSA) is 87.1 Å². The molecule has 1 amide bonds. The number of morpholine rings is 1. The van der Waals surface area contributed by atoms with Crippen LogP contribution in [0.15, 0.2) is 0 Å². The number of aliphatic carboxylic acids is 1. The van der Waals surface area contributed by atoms with Crippen molar-refractivity contribution in [3.05, 3.63) is 0 Å². The molecule has 1 aliphatic heterocycles. The van der Waals surface area contributed by atoms with Gasteiger partial charge in [-0.3, -0.25) is 9.59 Å². The lowest BCUT2D eigenvalue weighted by Crippen LogP contribution is -2.54. The average Bonchev–Trinajstić information content (AvgIpc) is 2.25. The third kappa shape index (κ3) is 3.91. The van der Waals surface area contributed by atoms with Gasteiger partial charge in [0.1, 0.15) is 5.92 Å². The van der Waals surface area contributed by atoms with Gasteiger partial charge >= 0.3 is 5.97 Å². The minimum atomic E-state index is -1.11. The highest BCUT2D eigenvalue weighted by Crippen LogP contribution is 2.29. The summed E-state index contributed by atoms with van der Waals surface area (Å²) in [5, 5.41) is 18.4. The Kier molecular flexibility index (Phi) is 4.92. The van der Waals surface area contributed by atoms with E-state index in [0.29, 0.717) is 6.54 Å². The van der Waals surface area contributed by atoms with Crippen molar-refractivity contribution in [3.63, 3.8) is 0 Å². The van der Waals surface area contributed by atoms with Gasteiger partial charge in [0.25, 0.3) is 0 Å². The van der Waals surface area contributed by atoms with Crippen LogP contribution in [0.3, 0.4) is 0 Å². The van der Waals surface area contributed by atoms with Gasteiger partial charge in [0.2, 0.25) is 5.91 Å². The third-order valence-corrected chi connectivity index (χ3v) is 3.20. The molecule has 0 aromatic heterocycles. The van der Waals surface area contributed by atoms with E-state index in [-0.39, 0.29) is 19.3 Å². The van der Waals surface area contributed by atoms with E-state index in [1.807, 2.05) is 0 Å². The van der Waals surface area contributed by atoms with Crippen LogP contribution in [-0.2, 0) is 14.3 Å². The molecule has 0 aromatic carbocycles. The van der Waals surface area contributed by atoms with Crippen LogP contribution in [0.4, 0.5) is 0 Å². The first-order valence-electron chi connectivity index (χ1n) is 6.44. The molecule has 0 aromatic rings. The number of carbonyl (C=O) groups excluding carboxylic acids is 1. The van der Waals surface area contributed by atoms with Gasteiger partial charge in [0, 0.05) is 13.1 Å². The van der Waals surface area contributed by atoms with Crippen molar-refractivity contribution in [3.8, 4) is 0 Å². The monoisotopic (exact) mass is 273 g/mol. The zero-order chi connectivity index (χ0) is 14.8. The first-order valence-corrected chi connectivity index (χ1v) is 6.44. The molecule has 3 unspecified atom stereocenters. The number of hydrogen-bond donors (Lipinski definition) is 2. The fourth-order valence-corrected chi connectivity index (χ4v) is 2.36. The number of aliphatic hydroxyl groups is 1. The Labute approximate surface area is 113 Å². The maximum absolute atomic E-state index is 12.4. The lowest BCUT2D eigenvalue weighted by molar-refractivity contribution is -0.164. The predicted octanol–water partition coefficient (Wildman–Crippen LogP) is 0.341. The van der Waals surface area contributed by atoms with Gasteiger partial charge in [-0.2, -0.15) is 0 Å². The molecule has 0 aliphatic carbocycles. The van der Waals surface area contributed by atoms with Crippen molar-refractivity contribution < 1.29 is 24.5 Å². The number of carboxylic acid groups (broad SMARTS) is 1. The molecule has 0 bridgehead atoms. The Bertz CT molecular complexity index is 349. The van der Waals surface area contributed by atoms with Crippen molar-refractivity contribution in [2.24, 2.45) is 11.3 Å². The fourth-order valence-electron chi connectivity index (χ4n) is 2.36. The molecule has 19 heavy (non-hydrogen) atoms. The number of ether oxygens (including phenoxy) is 1. The van der Waals surface area contributed by atoms with Crippen LogP contribution in [0.25, 0.3) is 0 Å². The van der Waals surface area contributed by atoms with Crippen molar-refractivity contribution in [2.45, 2.75) is 39.9 Å². The molecular weight excluding hydrogens is 250 g/mol. The van der Waals surface area contributed by atoms with E-state index in [4.69, 9.17) is 9.84 Å². The van der Waals surface area contributed by atoms with E-state index >= 15 is 0 Å². The highest BCUT2D eigenvalue weighted by molar-refractivity contribution is 5.97. The van der Waals surface area contributed by atoms with Gasteiger partial charge in [0.15, 0.2) is 0 Å². The van der Waals surface area contributed by atoms with Crippen LogP contribution in [0.5, 0.6) is 0 Å². The van der Waals surface area contributed by atoms with Gasteiger partial charge in [-0.1, -0.05) is 20.8 Å². The number of carbonyl (C=O) groups is 2. The molecule has 0 spiro atoms. The number of amides is 1. The second kappa shape index (κ2) is 5.88. The van der Waals surface area contributed by atoms with E-state index in [1.54, 1.807) is 27.7 Å². The van der Waals surface area contributed by atoms with E-state index in [9.17, 15) is 14.7 Å². The number of nitrogens with zero attached hydrogens (tertiary/aromatic N) is 1. The highest BCUT2D eigenvalue weighted by atomic mass is 16.5. The summed E-state index contributed by atoms with van der Waals surface area (Å²) in [6.45, 7) is 7.41. The Morgan fingerprint density at radius 2 is 1.95 bits per heavy atom. The van der Waals surface area contributed by atoms with Crippen LogP contribution in [0, 0.1) is 11.3 Å². The molecule has 2 N–H and O–H groups in total. The van der Waals surface area contributed by atoms with E-state index in [0.717, 1.165) is 0 Å². The predicted molar refractivity (Wildman–Crippen MR) is 68.6 cm³/mol. The van der Waals surface area contributed by atoms with Crippen LogP contribution >= 0.6 is 0 Å². The van der Waals surface area contributed by atoms with E-state index in [2.05, 4.69) is 0 Å². The van der Waals surface area contributed by atoms with Crippen molar-refractivity contribution >= 4 is 11.9 Å². The Morgan fingerprint density at radius 3 is 2.37 bits per heavy atom. The molecule has 1 heterocycles. The van der Waals surface area contributed by atoms with Crippen LogP contribution in [0.2, 0.25) is 0 Å². The smallest absolute Gasteiger partial charge is 0.316 e.